The third kappa shape index (κ3) is 2.81. The van der Waals surface area contributed by atoms with Crippen LogP contribution in [-0.2, 0) is 25.4 Å². The van der Waals surface area contributed by atoms with Crippen LogP contribution in [0.25, 0.3) is 11.2 Å². The highest BCUT2D eigenvalue weighted by Crippen LogP contribution is 2.19. The number of nitrogens with zero attached hydrogens (tertiary/aromatic N) is 5. The zero-order chi connectivity index (χ0) is 19.2. The molecule has 9 nitrogen and oxygen atoms in total. The molecular weight excluding hydrogens is 336 g/mol. The van der Waals surface area contributed by atoms with Gasteiger partial charge in [0.15, 0.2) is 11.2 Å². The predicted octanol–water partition coefficient (Wildman–Crippen LogP) is 0.393. The van der Waals surface area contributed by atoms with Crippen LogP contribution in [-0.4, -0.2) is 29.6 Å². The van der Waals surface area contributed by atoms with Crippen LogP contribution < -0.4 is 16.6 Å². The molecule has 26 heavy (non-hydrogen) atoms. The third-order valence-electron chi connectivity index (χ3n) is 4.29. The molecule has 0 saturated carbocycles. The van der Waals surface area contributed by atoms with Gasteiger partial charge in [-0.1, -0.05) is 0 Å². The first-order valence-corrected chi connectivity index (χ1v) is 8.06. The zero-order valence-corrected chi connectivity index (χ0v) is 15.3. The number of carbonyl (C=O) groups excluding carboxylic acids is 1. The topological polar surface area (TPSA) is 104 Å². The van der Waals surface area contributed by atoms with E-state index in [2.05, 4.69) is 15.3 Å². The van der Waals surface area contributed by atoms with Crippen LogP contribution in [0.2, 0.25) is 0 Å². The number of aryl methyl sites for hydroxylation is 5. The highest BCUT2D eigenvalue weighted by atomic mass is 16.2. The summed E-state index contributed by atoms with van der Waals surface area (Å²) in [7, 11) is 3.18. The number of anilines is 1. The third-order valence-corrected chi connectivity index (χ3v) is 4.29. The summed E-state index contributed by atoms with van der Waals surface area (Å²) in [4.78, 5) is 46.0. The van der Waals surface area contributed by atoms with E-state index >= 15 is 0 Å². The molecule has 3 aromatic heterocycles. The molecule has 0 fully saturated rings. The molecule has 0 radical (unpaired) electrons. The molecular formula is C17H20N6O3. The first kappa shape index (κ1) is 17.6. The van der Waals surface area contributed by atoms with Crippen LogP contribution in [0.1, 0.15) is 17.0 Å². The summed E-state index contributed by atoms with van der Waals surface area (Å²) in [5, 5.41) is 2.75. The van der Waals surface area contributed by atoms with Gasteiger partial charge in [0.2, 0.25) is 5.91 Å². The van der Waals surface area contributed by atoms with Gasteiger partial charge in [-0.3, -0.25) is 19.1 Å². The highest BCUT2D eigenvalue weighted by molar-refractivity contribution is 5.92. The van der Waals surface area contributed by atoms with Gasteiger partial charge in [-0.25, -0.2) is 14.3 Å². The quantitative estimate of drug-likeness (QED) is 0.731. The molecule has 1 N–H and O–H groups in total. The van der Waals surface area contributed by atoms with Gasteiger partial charge in [0.1, 0.15) is 6.54 Å². The first-order chi connectivity index (χ1) is 12.2. The van der Waals surface area contributed by atoms with Crippen molar-refractivity contribution in [3.05, 3.63) is 50.2 Å². The summed E-state index contributed by atoms with van der Waals surface area (Å²) in [5.74, 6) is -0.470. The Balaban J connectivity index is 2.00. The molecule has 3 rings (SSSR count). The summed E-state index contributed by atoms with van der Waals surface area (Å²) in [5.41, 5.74) is 2.40. The molecule has 0 aromatic carbocycles. The van der Waals surface area contributed by atoms with Crippen molar-refractivity contribution in [2.75, 3.05) is 5.32 Å². The standard InChI is InChI=1S/C17H20N6O3/c1-9-6-10(2)19-11(3)13(9)20-12(24)7-23-16(25)14-15(18-8-21(14)4)22(5)17(23)26/h6,8H,7H2,1-5H3,(H,20,24). The molecule has 136 valence electrons. The molecule has 0 aliphatic heterocycles. The average Bonchev–Trinajstić information content (AvgIpc) is 2.95. The van der Waals surface area contributed by atoms with Crippen LogP contribution >= 0.6 is 0 Å². The normalized spacial score (nSPS) is 11.1. The molecule has 9 heteroatoms. The van der Waals surface area contributed by atoms with Gasteiger partial charge >= 0.3 is 5.69 Å². The Morgan fingerprint density at radius 3 is 2.54 bits per heavy atom. The van der Waals surface area contributed by atoms with E-state index in [1.165, 1.54) is 22.5 Å². The minimum absolute atomic E-state index is 0.268. The molecule has 0 aliphatic carbocycles. The zero-order valence-electron chi connectivity index (χ0n) is 15.3. The Kier molecular flexibility index (Phi) is 4.23. The number of carbonyl (C=O) groups is 1. The summed E-state index contributed by atoms with van der Waals surface area (Å²) in [6, 6.07) is 1.86. The van der Waals surface area contributed by atoms with Crippen molar-refractivity contribution in [3.8, 4) is 0 Å². The molecule has 0 spiro atoms. The van der Waals surface area contributed by atoms with Gasteiger partial charge in [0.05, 0.1) is 17.7 Å². The van der Waals surface area contributed by atoms with E-state index in [0.29, 0.717) is 11.4 Å². The van der Waals surface area contributed by atoms with E-state index in [1.807, 2.05) is 19.9 Å². The SMILES string of the molecule is Cc1cc(C)c(NC(=O)Cn2c(=O)c3c(ncn3C)n(C)c2=O)c(C)n1. The van der Waals surface area contributed by atoms with E-state index in [-0.39, 0.29) is 17.7 Å². The van der Waals surface area contributed by atoms with E-state index < -0.39 is 17.2 Å². The molecule has 0 bridgehead atoms. The molecule has 3 aromatic rings. The van der Waals surface area contributed by atoms with Crippen molar-refractivity contribution in [2.45, 2.75) is 27.3 Å². The second kappa shape index (κ2) is 6.25. The van der Waals surface area contributed by atoms with Gasteiger partial charge < -0.3 is 9.88 Å². The molecule has 1 amide bonds. The Morgan fingerprint density at radius 2 is 1.88 bits per heavy atom. The lowest BCUT2D eigenvalue weighted by Crippen LogP contribution is -2.42. The van der Waals surface area contributed by atoms with E-state index in [0.717, 1.165) is 15.8 Å². The Hall–Kier alpha value is -3.23. The van der Waals surface area contributed by atoms with Crippen molar-refractivity contribution in [1.82, 2.24) is 23.7 Å². The monoisotopic (exact) mass is 356 g/mol. The maximum Gasteiger partial charge on any atom is 0.332 e. The van der Waals surface area contributed by atoms with Gasteiger partial charge in [-0.15, -0.1) is 0 Å². The highest BCUT2D eigenvalue weighted by Gasteiger charge is 2.18. The minimum Gasteiger partial charge on any atom is -0.328 e. The Morgan fingerprint density at radius 1 is 1.19 bits per heavy atom. The van der Waals surface area contributed by atoms with Crippen molar-refractivity contribution in [2.24, 2.45) is 14.1 Å². The fraction of sp³-hybridized carbons (Fsp3) is 0.353. The lowest BCUT2D eigenvalue weighted by molar-refractivity contribution is -0.116. The van der Waals surface area contributed by atoms with Crippen molar-refractivity contribution >= 4 is 22.8 Å². The molecule has 3 heterocycles. The van der Waals surface area contributed by atoms with Gasteiger partial charge in [-0.2, -0.15) is 0 Å². The fourth-order valence-corrected chi connectivity index (χ4v) is 3.07. The van der Waals surface area contributed by atoms with Crippen LogP contribution in [0, 0.1) is 20.8 Å². The summed E-state index contributed by atoms with van der Waals surface area (Å²) in [6.07, 6.45) is 1.46. The lowest BCUT2D eigenvalue weighted by Gasteiger charge is -2.13. The van der Waals surface area contributed by atoms with Gasteiger partial charge in [0.25, 0.3) is 5.56 Å². The summed E-state index contributed by atoms with van der Waals surface area (Å²) >= 11 is 0. The second-order valence-corrected chi connectivity index (χ2v) is 6.35. The van der Waals surface area contributed by atoms with Crippen LogP contribution in [0.5, 0.6) is 0 Å². The maximum absolute atomic E-state index is 12.6. The van der Waals surface area contributed by atoms with E-state index in [1.54, 1.807) is 14.0 Å². The number of imidazole rings is 1. The Bertz CT molecular complexity index is 1130. The number of fused-ring (bicyclic) bond motifs is 1. The fourth-order valence-electron chi connectivity index (χ4n) is 3.07. The van der Waals surface area contributed by atoms with Crippen molar-refractivity contribution in [1.29, 1.82) is 0 Å². The summed E-state index contributed by atoms with van der Waals surface area (Å²) in [6.45, 7) is 5.14. The average molecular weight is 356 g/mol. The number of hydrogen-bond donors (Lipinski definition) is 1. The predicted molar refractivity (Wildman–Crippen MR) is 97.3 cm³/mol. The number of rotatable bonds is 3. The molecule has 0 atom stereocenters. The lowest BCUT2D eigenvalue weighted by atomic mass is 10.1. The minimum atomic E-state index is -0.591. The van der Waals surface area contributed by atoms with Crippen molar-refractivity contribution < 1.29 is 4.79 Å². The van der Waals surface area contributed by atoms with Gasteiger partial charge in [0, 0.05) is 19.8 Å². The van der Waals surface area contributed by atoms with Crippen LogP contribution in [0.3, 0.4) is 0 Å². The maximum atomic E-state index is 12.6. The Labute approximate surface area is 148 Å². The first-order valence-electron chi connectivity index (χ1n) is 8.06. The van der Waals surface area contributed by atoms with Crippen LogP contribution in [0.15, 0.2) is 22.0 Å². The van der Waals surface area contributed by atoms with Gasteiger partial charge in [-0.05, 0) is 32.4 Å². The number of nitrogens with one attached hydrogen (secondary N) is 1. The molecule has 0 saturated heterocycles. The number of aromatic nitrogens is 5. The van der Waals surface area contributed by atoms with E-state index in [9.17, 15) is 14.4 Å². The van der Waals surface area contributed by atoms with E-state index in [4.69, 9.17) is 0 Å². The molecule has 0 aliphatic rings. The number of amides is 1. The second-order valence-electron chi connectivity index (χ2n) is 6.35. The smallest absolute Gasteiger partial charge is 0.328 e. The number of hydrogen-bond acceptors (Lipinski definition) is 5. The molecule has 0 unspecified atom stereocenters. The van der Waals surface area contributed by atoms with Crippen molar-refractivity contribution in [3.63, 3.8) is 0 Å². The largest absolute Gasteiger partial charge is 0.332 e. The van der Waals surface area contributed by atoms with Crippen LogP contribution in [0.4, 0.5) is 5.69 Å². The number of pyridine rings is 1. The summed E-state index contributed by atoms with van der Waals surface area (Å²) < 4.78 is 3.70.